The number of nitrogens with zero attached hydrogens (tertiary/aromatic N) is 1. The van der Waals surface area contributed by atoms with E-state index in [9.17, 15) is 18.5 Å². The van der Waals surface area contributed by atoms with Crippen LogP contribution in [-0.4, -0.2) is 56.9 Å². The lowest BCUT2D eigenvalue weighted by Gasteiger charge is -2.10. The molecule has 166 valence electrons. The zero-order valence-corrected chi connectivity index (χ0v) is 17.3. The number of rotatable bonds is 10. The summed E-state index contributed by atoms with van der Waals surface area (Å²) in [6, 6.07) is 0. The second kappa shape index (κ2) is 20.1. The third-order valence-corrected chi connectivity index (χ3v) is 3.07. The molecular weight excluding hydrogens is 386 g/mol. The molecule has 0 bridgehead atoms. The minimum absolute atomic E-state index is 0.104. The molecule has 0 aliphatic carbocycles. The summed E-state index contributed by atoms with van der Waals surface area (Å²) >= 11 is 0. The Morgan fingerprint density at radius 1 is 1.21 bits per heavy atom. The first-order chi connectivity index (χ1) is 13.8. The third kappa shape index (κ3) is 19.9. The summed E-state index contributed by atoms with van der Waals surface area (Å²) in [6.07, 6.45) is 5.01. The molecule has 1 aliphatic heterocycles. The summed E-state index contributed by atoms with van der Waals surface area (Å²) in [4.78, 5) is 24.9. The summed E-state index contributed by atoms with van der Waals surface area (Å²) in [5, 5.41) is 2.09. The maximum absolute atomic E-state index is 12.6. The van der Waals surface area contributed by atoms with Crippen LogP contribution in [0.5, 0.6) is 0 Å². The van der Waals surface area contributed by atoms with Crippen LogP contribution in [0.15, 0.2) is 49.0 Å². The first-order valence-electron chi connectivity index (χ1n) is 9.07. The fourth-order valence-electron chi connectivity index (χ4n) is 1.84. The van der Waals surface area contributed by atoms with Crippen LogP contribution in [0, 0.1) is 0 Å². The van der Waals surface area contributed by atoms with E-state index in [0.717, 1.165) is 25.6 Å². The number of allylic oxidation sites excluding steroid dienone is 4. The molecule has 2 amide bonds. The van der Waals surface area contributed by atoms with Gasteiger partial charge in [-0.2, -0.15) is 0 Å². The Hall–Kier alpha value is -2.68. The molecule has 1 saturated heterocycles. The van der Waals surface area contributed by atoms with E-state index in [4.69, 9.17) is 9.47 Å². The molecule has 1 N–H and O–H groups in total. The van der Waals surface area contributed by atoms with Crippen LogP contribution >= 0.6 is 0 Å². The summed E-state index contributed by atoms with van der Waals surface area (Å²) in [6.45, 7) is 16.3. The molecule has 9 heteroatoms. The summed E-state index contributed by atoms with van der Waals surface area (Å²) in [5.41, 5.74) is 0.561. The van der Waals surface area contributed by atoms with Crippen LogP contribution in [-0.2, 0) is 19.2 Å². The number of likely N-dealkylation sites (tertiary alicyclic amines) is 1. The summed E-state index contributed by atoms with van der Waals surface area (Å²) in [7, 11) is 0. The Morgan fingerprint density at radius 2 is 1.79 bits per heavy atom. The van der Waals surface area contributed by atoms with Gasteiger partial charge in [0.25, 0.3) is 0 Å². The molecule has 0 atom stereocenters. The minimum Gasteiger partial charge on any atom is -0.491 e. The van der Waals surface area contributed by atoms with E-state index in [0.29, 0.717) is 5.57 Å². The van der Waals surface area contributed by atoms with Crippen LogP contribution in [0.25, 0.3) is 0 Å². The van der Waals surface area contributed by atoms with Crippen molar-refractivity contribution in [3.63, 3.8) is 0 Å². The number of hydrogen-bond acceptors (Lipinski definition) is 5. The molecule has 1 rings (SSSR count). The van der Waals surface area contributed by atoms with Gasteiger partial charge in [-0.1, -0.05) is 19.2 Å². The zero-order chi connectivity index (χ0) is 22.5. The number of halogens is 2. The molecule has 7 nitrogen and oxygen atoms in total. The van der Waals surface area contributed by atoms with Crippen molar-refractivity contribution in [1.82, 2.24) is 10.2 Å². The number of ether oxygens (including phenoxy) is 2. The van der Waals surface area contributed by atoms with Gasteiger partial charge in [0.2, 0.25) is 6.41 Å². The van der Waals surface area contributed by atoms with E-state index in [1.165, 1.54) is 12.8 Å². The Balaban J connectivity index is 0. The third-order valence-electron chi connectivity index (χ3n) is 3.07. The highest BCUT2D eigenvalue weighted by Gasteiger charge is 2.06. The summed E-state index contributed by atoms with van der Waals surface area (Å²) in [5.74, 6) is -0.344. The Morgan fingerprint density at radius 3 is 2.21 bits per heavy atom. The summed E-state index contributed by atoms with van der Waals surface area (Å²) < 4.78 is 34.2. The molecule has 0 saturated carbocycles. The first kappa shape index (κ1) is 28.5. The van der Waals surface area contributed by atoms with Crippen molar-refractivity contribution < 1.29 is 32.9 Å². The largest absolute Gasteiger partial charge is 0.491 e. The average Bonchev–Trinajstić information content (AvgIpc) is 3.20. The Bertz CT molecular complexity index is 533. The Labute approximate surface area is 171 Å². The van der Waals surface area contributed by atoms with Gasteiger partial charge in [-0.15, -0.1) is 6.58 Å². The van der Waals surface area contributed by atoms with Crippen molar-refractivity contribution in [2.24, 2.45) is 0 Å². The lowest BCUT2D eigenvalue weighted by atomic mass is 10.2. The average molecular weight is 418 g/mol. The molecular formula is C20H32F2N2O5. The van der Waals surface area contributed by atoms with E-state index in [-0.39, 0.29) is 32.1 Å². The van der Waals surface area contributed by atoms with E-state index < -0.39 is 11.9 Å². The number of nitrogens with one attached hydrogen (secondary N) is 1. The second-order valence-corrected chi connectivity index (χ2v) is 5.74. The smallest absolute Gasteiger partial charge is 0.444 e. The van der Waals surface area contributed by atoms with Crippen LogP contribution < -0.4 is 5.32 Å². The second-order valence-electron chi connectivity index (χ2n) is 5.74. The predicted octanol–water partition coefficient (Wildman–Crippen LogP) is 4.00. The molecule has 0 aromatic heterocycles. The topological polar surface area (TPSA) is 77.1 Å². The van der Waals surface area contributed by atoms with Crippen molar-refractivity contribution >= 4 is 12.5 Å². The normalized spacial score (nSPS) is 12.4. The molecule has 1 aliphatic rings. The lowest BCUT2D eigenvalue weighted by Crippen LogP contribution is -2.26. The molecule has 0 unspecified atom stereocenters. The lowest BCUT2D eigenvalue weighted by molar-refractivity contribution is -0.117. The fourth-order valence-corrected chi connectivity index (χ4v) is 1.84. The number of amides is 2. The minimum atomic E-state index is -1.17. The SMILES string of the molecule is C=C(F)/C=C(/OCCOCCNC(=O)OF)C(=C)C.C=CC.O=CN1CCCC1. The highest BCUT2D eigenvalue weighted by atomic mass is 19.3. The maximum atomic E-state index is 12.6. The van der Waals surface area contributed by atoms with Gasteiger partial charge < -0.3 is 19.7 Å². The van der Waals surface area contributed by atoms with Gasteiger partial charge in [0.15, 0.2) is 0 Å². The fraction of sp³-hybridized carbons (Fsp3) is 0.500. The van der Waals surface area contributed by atoms with Crippen molar-refractivity contribution in [1.29, 1.82) is 0 Å². The monoisotopic (exact) mass is 418 g/mol. The van der Waals surface area contributed by atoms with Gasteiger partial charge in [0.1, 0.15) is 18.2 Å². The van der Waals surface area contributed by atoms with Crippen molar-refractivity contribution in [2.75, 3.05) is 39.5 Å². The van der Waals surface area contributed by atoms with Crippen LogP contribution in [0.1, 0.15) is 26.7 Å². The highest BCUT2D eigenvalue weighted by molar-refractivity contribution is 5.66. The van der Waals surface area contributed by atoms with Crippen molar-refractivity contribution in [3.05, 3.63) is 49.0 Å². The van der Waals surface area contributed by atoms with Crippen molar-refractivity contribution in [2.45, 2.75) is 26.7 Å². The predicted molar refractivity (Wildman–Crippen MR) is 108 cm³/mol. The quantitative estimate of drug-likeness (QED) is 0.191. The van der Waals surface area contributed by atoms with Gasteiger partial charge in [-0.25, -0.2) is 14.1 Å². The number of hydrogen-bond donors (Lipinski definition) is 1. The van der Waals surface area contributed by atoms with Gasteiger partial charge in [0, 0.05) is 30.2 Å². The molecule has 0 aromatic rings. The first-order valence-corrected chi connectivity index (χ1v) is 9.07. The molecule has 1 heterocycles. The van der Waals surface area contributed by atoms with E-state index in [2.05, 4.69) is 30.0 Å². The molecule has 0 aromatic carbocycles. The maximum Gasteiger partial charge on any atom is 0.444 e. The number of carbonyl (C=O) groups excluding carboxylic acids is 2. The number of carbonyl (C=O) groups is 2. The van der Waals surface area contributed by atoms with E-state index >= 15 is 0 Å². The molecule has 1 fully saturated rings. The van der Waals surface area contributed by atoms with Gasteiger partial charge >= 0.3 is 6.09 Å². The zero-order valence-electron chi connectivity index (χ0n) is 17.3. The van der Waals surface area contributed by atoms with Gasteiger partial charge in [-0.3, -0.25) is 4.79 Å². The molecule has 0 radical (unpaired) electrons. The van der Waals surface area contributed by atoms with Gasteiger partial charge in [-0.05, 0) is 32.3 Å². The van der Waals surface area contributed by atoms with E-state index in [1.54, 1.807) is 17.9 Å². The standard InChI is InChI=1S/C12H17F2NO4.C5H9NO.C3H6/c1-9(2)11(8-10(3)13)18-7-6-17-5-4-15-12(16)19-14;7-5-6-3-1-2-4-6;1-3-2/h8H,1,3-7H2,2H3,(H,15,16);5H,1-4H2;3H,1H2,2H3/b11-8+;;. The highest BCUT2D eigenvalue weighted by Crippen LogP contribution is 2.11. The van der Waals surface area contributed by atoms with Crippen LogP contribution in [0.4, 0.5) is 13.7 Å². The van der Waals surface area contributed by atoms with Crippen LogP contribution in [0.2, 0.25) is 0 Å². The van der Waals surface area contributed by atoms with Crippen molar-refractivity contribution in [3.8, 4) is 0 Å². The van der Waals surface area contributed by atoms with Gasteiger partial charge in [0.05, 0.1) is 13.2 Å². The van der Waals surface area contributed by atoms with Crippen LogP contribution in [0.3, 0.4) is 0 Å². The molecule has 0 spiro atoms. The Kier molecular flexibility index (Phi) is 19.7. The molecule has 29 heavy (non-hydrogen) atoms. The van der Waals surface area contributed by atoms with E-state index in [1.807, 2.05) is 6.92 Å².